The Morgan fingerprint density at radius 1 is 0.765 bits per heavy atom. The molecule has 3 fully saturated rings. The molecule has 1 saturated carbocycles. The summed E-state index contributed by atoms with van der Waals surface area (Å²) in [4.78, 5) is 0. The molecule has 0 aromatic rings. The Hall–Kier alpha value is -0.160. The van der Waals surface area contributed by atoms with E-state index in [-0.39, 0.29) is 24.4 Å². The molecule has 98 valence electrons. The first-order valence-electron chi connectivity index (χ1n) is 6.49. The molecule has 0 N–H and O–H groups in total. The van der Waals surface area contributed by atoms with Crippen LogP contribution in [0.5, 0.6) is 0 Å². The van der Waals surface area contributed by atoms with Crippen LogP contribution in [0.3, 0.4) is 0 Å². The van der Waals surface area contributed by atoms with Crippen molar-refractivity contribution in [1.82, 2.24) is 0 Å². The summed E-state index contributed by atoms with van der Waals surface area (Å²) in [7, 11) is 0. The SMILES string of the molecule is C[C@@H]1C[C@H]2OC(C)(C)O[C@H]2[C@@H]2OC(C)(C)O[C@H]21. The summed E-state index contributed by atoms with van der Waals surface area (Å²) < 4.78 is 23.9. The minimum absolute atomic E-state index is 0.000486. The van der Waals surface area contributed by atoms with Gasteiger partial charge in [-0.15, -0.1) is 0 Å². The van der Waals surface area contributed by atoms with Crippen LogP contribution >= 0.6 is 0 Å². The molecule has 2 heterocycles. The van der Waals surface area contributed by atoms with Crippen molar-refractivity contribution in [2.45, 2.75) is 77.0 Å². The number of ether oxygens (including phenoxy) is 4. The van der Waals surface area contributed by atoms with Gasteiger partial charge in [-0.1, -0.05) is 6.92 Å². The maximum Gasteiger partial charge on any atom is 0.163 e. The van der Waals surface area contributed by atoms with Crippen molar-refractivity contribution in [3.05, 3.63) is 0 Å². The van der Waals surface area contributed by atoms with Gasteiger partial charge < -0.3 is 18.9 Å². The zero-order chi connectivity index (χ0) is 12.4. The van der Waals surface area contributed by atoms with E-state index in [1.54, 1.807) is 0 Å². The summed E-state index contributed by atoms with van der Waals surface area (Å²) in [6.45, 7) is 10.1. The largest absolute Gasteiger partial charge is 0.344 e. The van der Waals surface area contributed by atoms with Crippen molar-refractivity contribution in [2.24, 2.45) is 5.92 Å². The summed E-state index contributed by atoms with van der Waals surface area (Å²) >= 11 is 0. The van der Waals surface area contributed by atoms with E-state index in [4.69, 9.17) is 18.9 Å². The van der Waals surface area contributed by atoms with Gasteiger partial charge in [-0.2, -0.15) is 0 Å². The van der Waals surface area contributed by atoms with Crippen LogP contribution in [0, 0.1) is 5.92 Å². The van der Waals surface area contributed by atoms with Crippen LogP contribution in [0.4, 0.5) is 0 Å². The number of fused-ring (bicyclic) bond motifs is 3. The molecule has 17 heavy (non-hydrogen) atoms. The van der Waals surface area contributed by atoms with Gasteiger partial charge in [0.1, 0.15) is 12.2 Å². The van der Waals surface area contributed by atoms with Crippen molar-refractivity contribution in [3.63, 3.8) is 0 Å². The molecule has 0 radical (unpaired) electrons. The summed E-state index contributed by atoms with van der Waals surface area (Å²) in [6.07, 6.45) is 1.25. The smallest absolute Gasteiger partial charge is 0.163 e. The zero-order valence-electron chi connectivity index (χ0n) is 11.2. The molecule has 4 nitrogen and oxygen atoms in total. The molecule has 5 atom stereocenters. The lowest BCUT2D eigenvalue weighted by Crippen LogP contribution is -2.50. The third kappa shape index (κ3) is 1.91. The molecule has 1 aliphatic carbocycles. The van der Waals surface area contributed by atoms with E-state index in [1.807, 2.05) is 27.7 Å². The van der Waals surface area contributed by atoms with Gasteiger partial charge in [-0.05, 0) is 40.0 Å². The Morgan fingerprint density at radius 3 is 2.00 bits per heavy atom. The van der Waals surface area contributed by atoms with E-state index in [0.29, 0.717) is 5.92 Å². The Morgan fingerprint density at radius 2 is 1.29 bits per heavy atom. The van der Waals surface area contributed by atoms with Crippen LogP contribution in [0.25, 0.3) is 0 Å². The van der Waals surface area contributed by atoms with Gasteiger partial charge in [-0.3, -0.25) is 0 Å². The summed E-state index contributed by atoms with van der Waals surface area (Å²) in [5, 5.41) is 0. The number of rotatable bonds is 0. The van der Waals surface area contributed by atoms with Crippen LogP contribution in [0.15, 0.2) is 0 Å². The molecule has 0 bridgehead atoms. The van der Waals surface area contributed by atoms with Gasteiger partial charge in [0, 0.05) is 0 Å². The predicted molar refractivity (Wildman–Crippen MR) is 61.4 cm³/mol. The second-order valence-corrected chi connectivity index (χ2v) is 6.42. The van der Waals surface area contributed by atoms with Crippen molar-refractivity contribution in [2.75, 3.05) is 0 Å². The highest BCUT2D eigenvalue weighted by atomic mass is 16.8. The molecule has 2 saturated heterocycles. The fraction of sp³-hybridized carbons (Fsp3) is 1.00. The van der Waals surface area contributed by atoms with E-state index in [1.165, 1.54) is 0 Å². The molecule has 4 heteroatoms. The van der Waals surface area contributed by atoms with E-state index >= 15 is 0 Å². The van der Waals surface area contributed by atoms with Crippen molar-refractivity contribution < 1.29 is 18.9 Å². The summed E-state index contributed by atoms with van der Waals surface area (Å²) in [6, 6.07) is 0. The molecule has 2 aliphatic heterocycles. The molecule has 0 unspecified atom stereocenters. The van der Waals surface area contributed by atoms with Crippen LogP contribution in [0.2, 0.25) is 0 Å². The maximum absolute atomic E-state index is 6.00. The summed E-state index contributed by atoms with van der Waals surface area (Å²) in [5.41, 5.74) is 0. The minimum atomic E-state index is -0.505. The molecular formula is C13H22O4. The first-order valence-corrected chi connectivity index (χ1v) is 6.49. The van der Waals surface area contributed by atoms with Gasteiger partial charge in [-0.25, -0.2) is 0 Å². The van der Waals surface area contributed by atoms with Gasteiger partial charge >= 0.3 is 0 Å². The molecule has 3 rings (SSSR count). The zero-order valence-corrected chi connectivity index (χ0v) is 11.2. The Bertz CT molecular complexity index is 325. The first-order chi connectivity index (χ1) is 7.77. The Labute approximate surface area is 103 Å². The first kappa shape index (κ1) is 11.9. The normalized spacial score (nSPS) is 51.0. The number of hydrogen-bond donors (Lipinski definition) is 0. The van der Waals surface area contributed by atoms with Gasteiger partial charge in [0.2, 0.25) is 0 Å². The predicted octanol–water partition coefficient (Wildman–Crippen LogP) is 2.07. The highest BCUT2D eigenvalue weighted by Crippen LogP contribution is 2.46. The van der Waals surface area contributed by atoms with E-state index < -0.39 is 11.6 Å². The third-order valence-corrected chi connectivity index (χ3v) is 3.87. The lowest BCUT2D eigenvalue weighted by molar-refractivity contribution is -0.176. The molecule has 3 aliphatic rings. The third-order valence-electron chi connectivity index (χ3n) is 3.87. The van der Waals surface area contributed by atoms with E-state index in [2.05, 4.69) is 6.92 Å². The quantitative estimate of drug-likeness (QED) is 0.651. The summed E-state index contributed by atoms with van der Waals surface area (Å²) in [5.74, 6) is -0.560. The van der Waals surface area contributed by atoms with Gasteiger partial charge in [0.25, 0.3) is 0 Å². The van der Waals surface area contributed by atoms with Crippen molar-refractivity contribution in [3.8, 4) is 0 Å². The molecule has 0 amide bonds. The van der Waals surface area contributed by atoms with Crippen LogP contribution in [-0.2, 0) is 18.9 Å². The standard InChI is InChI=1S/C13H22O4/c1-7-6-8-10(16-12(2,3)14-8)11-9(7)15-13(4,5)17-11/h7-11H,6H2,1-5H3/t7-,8-,9+,10-,11-/m1/s1. The maximum atomic E-state index is 6.00. The molecule has 0 spiro atoms. The van der Waals surface area contributed by atoms with Gasteiger partial charge in [0.15, 0.2) is 11.6 Å². The molecule has 0 aromatic carbocycles. The average Bonchev–Trinajstić information content (AvgIpc) is 2.62. The fourth-order valence-corrected chi connectivity index (χ4v) is 3.34. The van der Waals surface area contributed by atoms with Crippen LogP contribution < -0.4 is 0 Å². The Kier molecular flexibility index (Phi) is 2.41. The number of hydrogen-bond acceptors (Lipinski definition) is 4. The lowest BCUT2D eigenvalue weighted by atomic mass is 9.82. The van der Waals surface area contributed by atoms with E-state index in [9.17, 15) is 0 Å². The second-order valence-electron chi connectivity index (χ2n) is 6.42. The van der Waals surface area contributed by atoms with Crippen molar-refractivity contribution in [1.29, 1.82) is 0 Å². The highest BCUT2D eigenvalue weighted by Gasteiger charge is 2.58. The monoisotopic (exact) mass is 242 g/mol. The molecular weight excluding hydrogens is 220 g/mol. The van der Waals surface area contributed by atoms with Crippen molar-refractivity contribution >= 4 is 0 Å². The lowest BCUT2D eigenvalue weighted by Gasteiger charge is -2.35. The van der Waals surface area contributed by atoms with Gasteiger partial charge in [0.05, 0.1) is 12.2 Å². The average molecular weight is 242 g/mol. The minimum Gasteiger partial charge on any atom is -0.344 e. The molecule has 0 aromatic heterocycles. The van der Waals surface area contributed by atoms with E-state index in [0.717, 1.165) is 6.42 Å². The van der Waals surface area contributed by atoms with Crippen LogP contribution in [0.1, 0.15) is 41.0 Å². The topological polar surface area (TPSA) is 36.9 Å². The Balaban J connectivity index is 1.86. The fourth-order valence-electron chi connectivity index (χ4n) is 3.34. The highest BCUT2D eigenvalue weighted by molar-refractivity contribution is 5.01. The second kappa shape index (κ2) is 3.44. The van der Waals surface area contributed by atoms with Crippen LogP contribution in [-0.4, -0.2) is 36.0 Å².